The van der Waals surface area contributed by atoms with Gasteiger partial charge in [0.2, 0.25) is 0 Å². The first-order chi connectivity index (χ1) is 11.3. The fraction of sp³-hybridized carbons (Fsp3) is 0.381. The summed E-state index contributed by atoms with van der Waals surface area (Å²) in [5, 5.41) is 3.16. The highest BCUT2D eigenvalue weighted by molar-refractivity contribution is 5.94. The summed E-state index contributed by atoms with van der Waals surface area (Å²) >= 11 is 0. The number of hydrogen-bond acceptors (Lipinski definition) is 2. The molecule has 0 spiro atoms. The lowest BCUT2D eigenvalue weighted by Gasteiger charge is -2.23. The third-order valence-corrected chi connectivity index (χ3v) is 4.07. The molecule has 24 heavy (non-hydrogen) atoms. The second-order valence-corrected chi connectivity index (χ2v) is 7.53. The van der Waals surface area contributed by atoms with E-state index < -0.39 is 0 Å². The molecule has 0 saturated carbocycles. The van der Waals surface area contributed by atoms with Crippen molar-refractivity contribution in [1.29, 1.82) is 0 Å². The molecule has 3 heteroatoms. The van der Waals surface area contributed by atoms with Crippen molar-refractivity contribution in [2.45, 2.75) is 32.2 Å². The van der Waals surface area contributed by atoms with Gasteiger partial charge < -0.3 is 10.2 Å². The number of nitrogens with zero attached hydrogens (tertiary/aromatic N) is 1. The molecule has 2 aromatic carbocycles. The summed E-state index contributed by atoms with van der Waals surface area (Å²) in [6.45, 7) is 7.27. The maximum atomic E-state index is 12.6. The van der Waals surface area contributed by atoms with E-state index in [4.69, 9.17) is 0 Å². The summed E-state index contributed by atoms with van der Waals surface area (Å²) < 4.78 is 0. The minimum absolute atomic E-state index is 0.0315. The summed E-state index contributed by atoms with van der Waals surface area (Å²) in [6.07, 6.45) is 0. The monoisotopic (exact) mass is 324 g/mol. The minimum Gasteiger partial charge on any atom is -0.344 e. The maximum Gasteiger partial charge on any atom is 0.251 e. The van der Waals surface area contributed by atoms with Gasteiger partial charge in [-0.05, 0) is 42.8 Å². The van der Waals surface area contributed by atoms with Gasteiger partial charge in [-0.2, -0.15) is 0 Å². The molecule has 0 bridgehead atoms. The fourth-order valence-electron chi connectivity index (χ4n) is 2.65. The SMILES string of the molecule is CN(C)C[C@H](NC(=O)c1ccc(C(C)(C)C)cc1)c1ccccc1. The number of rotatable bonds is 5. The van der Waals surface area contributed by atoms with Gasteiger partial charge >= 0.3 is 0 Å². The van der Waals surface area contributed by atoms with E-state index in [2.05, 4.69) is 43.1 Å². The van der Waals surface area contributed by atoms with E-state index in [1.54, 1.807) is 0 Å². The van der Waals surface area contributed by atoms with E-state index in [-0.39, 0.29) is 17.4 Å². The average Bonchev–Trinajstić information content (AvgIpc) is 2.54. The van der Waals surface area contributed by atoms with Gasteiger partial charge in [-0.1, -0.05) is 63.2 Å². The number of benzene rings is 2. The molecule has 0 aliphatic carbocycles. The predicted octanol–water partition coefficient (Wildman–Crippen LogP) is 4.02. The maximum absolute atomic E-state index is 12.6. The largest absolute Gasteiger partial charge is 0.344 e. The molecule has 0 radical (unpaired) electrons. The number of likely N-dealkylation sites (N-methyl/N-ethyl adjacent to an activating group) is 1. The highest BCUT2D eigenvalue weighted by atomic mass is 16.1. The van der Waals surface area contributed by atoms with Gasteiger partial charge in [0.15, 0.2) is 0 Å². The second kappa shape index (κ2) is 7.63. The molecule has 3 nitrogen and oxygen atoms in total. The van der Waals surface area contributed by atoms with Crippen LogP contribution in [0.1, 0.15) is 48.3 Å². The van der Waals surface area contributed by atoms with Crippen LogP contribution < -0.4 is 5.32 Å². The van der Waals surface area contributed by atoms with Crippen molar-refractivity contribution >= 4 is 5.91 Å². The Labute approximate surface area is 145 Å². The first-order valence-electron chi connectivity index (χ1n) is 8.38. The smallest absolute Gasteiger partial charge is 0.251 e. The molecule has 0 heterocycles. The van der Waals surface area contributed by atoms with E-state index in [1.807, 2.05) is 56.6 Å². The third kappa shape index (κ3) is 4.93. The number of hydrogen-bond donors (Lipinski definition) is 1. The van der Waals surface area contributed by atoms with Crippen LogP contribution in [-0.2, 0) is 5.41 Å². The van der Waals surface area contributed by atoms with Crippen LogP contribution in [0.5, 0.6) is 0 Å². The van der Waals surface area contributed by atoms with Gasteiger partial charge in [-0.25, -0.2) is 0 Å². The summed E-state index contributed by atoms with van der Waals surface area (Å²) in [6, 6.07) is 18.0. The molecule has 0 unspecified atom stereocenters. The van der Waals surface area contributed by atoms with Crippen LogP contribution in [0.4, 0.5) is 0 Å². The quantitative estimate of drug-likeness (QED) is 0.901. The predicted molar refractivity (Wildman–Crippen MR) is 100 cm³/mol. The van der Waals surface area contributed by atoms with Crippen molar-refractivity contribution in [1.82, 2.24) is 10.2 Å². The van der Waals surface area contributed by atoms with E-state index in [1.165, 1.54) is 5.56 Å². The van der Waals surface area contributed by atoms with E-state index >= 15 is 0 Å². The Kier molecular flexibility index (Phi) is 5.79. The van der Waals surface area contributed by atoms with Gasteiger partial charge in [-0.15, -0.1) is 0 Å². The van der Waals surface area contributed by atoms with Crippen molar-refractivity contribution in [3.8, 4) is 0 Å². The normalized spacial score (nSPS) is 12.9. The molecule has 0 aliphatic rings. The summed E-state index contributed by atoms with van der Waals surface area (Å²) in [4.78, 5) is 14.7. The van der Waals surface area contributed by atoms with Crippen LogP contribution in [0.2, 0.25) is 0 Å². The van der Waals surface area contributed by atoms with Crippen LogP contribution in [-0.4, -0.2) is 31.4 Å². The fourth-order valence-corrected chi connectivity index (χ4v) is 2.65. The number of nitrogens with one attached hydrogen (secondary N) is 1. The first-order valence-corrected chi connectivity index (χ1v) is 8.38. The van der Waals surface area contributed by atoms with E-state index in [9.17, 15) is 4.79 Å². The van der Waals surface area contributed by atoms with Gasteiger partial charge in [0.25, 0.3) is 5.91 Å². The Morgan fingerprint density at radius 1 is 1.00 bits per heavy atom. The number of carbonyl (C=O) groups is 1. The van der Waals surface area contributed by atoms with Crippen LogP contribution in [0.25, 0.3) is 0 Å². The molecular formula is C21H28N2O. The first kappa shape index (κ1) is 18.2. The highest BCUT2D eigenvalue weighted by Gasteiger charge is 2.18. The van der Waals surface area contributed by atoms with Crippen molar-refractivity contribution < 1.29 is 4.79 Å². The standard InChI is InChI=1S/C21H28N2O/c1-21(2,3)18-13-11-17(12-14-18)20(24)22-19(15-23(4)5)16-9-7-6-8-10-16/h6-14,19H,15H2,1-5H3,(H,22,24)/t19-/m0/s1. The molecule has 0 saturated heterocycles. The Bertz CT molecular complexity index is 654. The third-order valence-electron chi connectivity index (χ3n) is 4.07. The van der Waals surface area contributed by atoms with Gasteiger partial charge in [0, 0.05) is 12.1 Å². The lowest BCUT2D eigenvalue weighted by molar-refractivity contribution is 0.0930. The van der Waals surface area contributed by atoms with Gasteiger partial charge in [0.05, 0.1) is 6.04 Å². The zero-order valence-corrected chi connectivity index (χ0v) is 15.3. The lowest BCUT2D eigenvalue weighted by atomic mass is 9.86. The van der Waals surface area contributed by atoms with Gasteiger partial charge in [0.1, 0.15) is 0 Å². The molecule has 0 fully saturated rings. The second-order valence-electron chi connectivity index (χ2n) is 7.53. The van der Waals surface area contributed by atoms with Crippen molar-refractivity contribution in [2.24, 2.45) is 0 Å². The topological polar surface area (TPSA) is 32.3 Å². The number of amides is 1. The minimum atomic E-state index is -0.0360. The highest BCUT2D eigenvalue weighted by Crippen LogP contribution is 2.22. The number of carbonyl (C=O) groups excluding carboxylic acids is 1. The van der Waals surface area contributed by atoms with E-state index in [0.29, 0.717) is 5.56 Å². The Morgan fingerprint density at radius 2 is 1.58 bits per heavy atom. The van der Waals surface area contributed by atoms with Crippen LogP contribution in [0.15, 0.2) is 54.6 Å². The van der Waals surface area contributed by atoms with Crippen molar-refractivity contribution in [3.05, 3.63) is 71.3 Å². The zero-order valence-electron chi connectivity index (χ0n) is 15.3. The zero-order chi connectivity index (χ0) is 17.7. The van der Waals surface area contributed by atoms with Crippen molar-refractivity contribution in [3.63, 3.8) is 0 Å². The Balaban J connectivity index is 2.15. The molecule has 2 rings (SSSR count). The molecule has 128 valence electrons. The summed E-state index contributed by atoms with van der Waals surface area (Å²) in [7, 11) is 4.03. The van der Waals surface area contributed by atoms with Crippen LogP contribution >= 0.6 is 0 Å². The Hall–Kier alpha value is -2.13. The molecule has 0 aliphatic heterocycles. The molecular weight excluding hydrogens is 296 g/mol. The molecule has 1 amide bonds. The molecule has 1 N–H and O–H groups in total. The summed E-state index contributed by atoms with van der Waals surface area (Å²) in [5.41, 5.74) is 3.13. The van der Waals surface area contributed by atoms with Crippen molar-refractivity contribution in [2.75, 3.05) is 20.6 Å². The van der Waals surface area contributed by atoms with E-state index in [0.717, 1.165) is 12.1 Å². The van der Waals surface area contributed by atoms with Gasteiger partial charge in [-0.3, -0.25) is 4.79 Å². The lowest BCUT2D eigenvalue weighted by Crippen LogP contribution is -2.35. The average molecular weight is 324 g/mol. The summed E-state index contributed by atoms with van der Waals surface area (Å²) in [5.74, 6) is -0.0360. The van der Waals surface area contributed by atoms with Crippen LogP contribution in [0.3, 0.4) is 0 Å². The molecule has 2 aromatic rings. The molecule has 0 aromatic heterocycles. The molecule has 1 atom stereocenters. The van der Waals surface area contributed by atoms with Crippen LogP contribution in [0, 0.1) is 0 Å². The Morgan fingerprint density at radius 3 is 2.08 bits per heavy atom.